The largest absolute Gasteiger partial charge is 0.370 e. The van der Waals surface area contributed by atoms with Crippen LogP contribution in [0.2, 0.25) is 0 Å². The second-order valence-corrected chi connectivity index (χ2v) is 2.52. The molecule has 0 aliphatic carbocycles. The number of nitrogens with zero attached hydrogens (tertiary/aromatic N) is 1. The molecule has 7 heteroatoms. The first-order valence-corrected chi connectivity index (χ1v) is 3.86. The highest BCUT2D eigenvalue weighted by molar-refractivity contribution is 5.71. The van der Waals surface area contributed by atoms with Gasteiger partial charge >= 0.3 is 0 Å². The molecule has 1 aliphatic heterocycles. The number of guanidine groups is 1. The molecule has 0 radical (unpaired) electrons. The van der Waals surface area contributed by atoms with Gasteiger partial charge in [0.05, 0.1) is 0 Å². The molecule has 1 fully saturated rings. The van der Waals surface area contributed by atoms with Gasteiger partial charge in [0, 0.05) is 26.2 Å². The number of halogens is 2. The molecule has 0 atom stereocenters. The molecule has 0 aromatic carbocycles. The Labute approximate surface area is 75.6 Å². The quantitative estimate of drug-likeness (QED) is 0.244. The molecule has 13 heavy (non-hydrogen) atoms. The van der Waals surface area contributed by atoms with Crippen LogP contribution in [0.25, 0.3) is 0 Å². The summed E-state index contributed by atoms with van der Waals surface area (Å²) in [6.45, 7) is 0.0383. The van der Waals surface area contributed by atoms with Crippen molar-refractivity contribution in [2.24, 2.45) is 11.5 Å². The zero-order valence-corrected chi connectivity index (χ0v) is 7.26. The molecule has 1 saturated heterocycles. The van der Waals surface area contributed by atoms with Crippen LogP contribution >= 0.6 is 0 Å². The Morgan fingerprint density at radius 3 is 1.92 bits per heavy atom. The highest BCUT2D eigenvalue weighted by atomic mass is 19.3. The van der Waals surface area contributed by atoms with Crippen molar-refractivity contribution in [3.05, 3.63) is 0 Å². The van der Waals surface area contributed by atoms with Crippen molar-refractivity contribution in [3.8, 4) is 0 Å². The summed E-state index contributed by atoms with van der Waals surface area (Å²) in [5.41, 5.74) is 8.94. The topological polar surface area (TPSA) is 91.2 Å². The summed E-state index contributed by atoms with van der Waals surface area (Å²) in [5, 5.41) is 9.05. The van der Waals surface area contributed by atoms with Gasteiger partial charge in [-0.25, -0.2) is 4.90 Å². The Hall–Kier alpha value is -0.950. The van der Waals surface area contributed by atoms with Gasteiger partial charge in [0.2, 0.25) is 0 Å². The number of rotatable bonds is 1. The van der Waals surface area contributed by atoms with Crippen molar-refractivity contribution in [2.75, 3.05) is 26.2 Å². The number of hydrogen-bond donors (Lipinski definition) is 4. The number of alkyl halides is 2. The Bertz CT molecular complexity index is 142. The average molecular weight is 195 g/mol. The van der Waals surface area contributed by atoms with E-state index in [9.17, 15) is 8.78 Å². The van der Waals surface area contributed by atoms with E-state index in [1.807, 2.05) is 0 Å². The predicted molar refractivity (Wildman–Crippen MR) is 46.5 cm³/mol. The molecule has 78 valence electrons. The summed E-state index contributed by atoms with van der Waals surface area (Å²) < 4.78 is 23.6. The molecule has 1 aliphatic rings. The zero-order chi connectivity index (χ0) is 10.3. The fourth-order valence-corrected chi connectivity index (χ4v) is 0.877. The lowest BCUT2D eigenvalue weighted by molar-refractivity contribution is -0.0328. The minimum Gasteiger partial charge on any atom is -0.370 e. The van der Waals surface area contributed by atoms with Crippen molar-refractivity contribution in [1.82, 2.24) is 10.2 Å². The van der Waals surface area contributed by atoms with Gasteiger partial charge in [-0.1, -0.05) is 0 Å². The molecular formula is C6H15F2N5. The number of nitrogens with one attached hydrogen (secondary N) is 2. The van der Waals surface area contributed by atoms with Gasteiger partial charge in [0.1, 0.15) is 0 Å². The lowest BCUT2D eigenvalue weighted by Gasteiger charge is -2.25. The molecule has 0 bridgehead atoms. The second-order valence-electron chi connectivity index (χ2n) is 2.52. The number of nitrogens with two attached hydrogens (primary N) is 2. The maximum atomic E-state index is 11.8. The van der Waals surface area contributed by atoms with E-state index < -0.39 is 6.55 Å². The second kappa shape index (κ2) is 6.55. The molecule has 0 unspecified atom stereocenters. The van der Waals surface area contributed by atoms with E-state index in [1.165, 1.54) is 0 Å². The maximum Gasteiger partial charge on any atom is 0.294 e. The molecular weight excluding hydrogens is 180 g/mol. The molecule has 1 heterocycles. The van der Waals surface area contributed by atoms with Gasteiger partial charge in [0.25, 0.3) is 6.55 Å². The van der Waals surface area contributed by atoms with Crippen molar-refractivity contribution >= 4 is 5.96 Å². The monoisotopic (exact) mass is 195 g/mol. The summed E-state index contributed by atoms with van der Waals surface area (Å²) in [6.07, 6.45) is 0. The molecule has 1 rings (SSSR count). The lowest BCUT2D eigenvalue weighted by atomic mass is 10.4. The Kier molecular flexibility index (Phi) is 6.07. The molecule has 0 amide bonds. The molecule has 0 aromatic rings. The predicted octanol–water partition coefficient (Wildman–Crippen LogP) is -1.05. The lowest BCUT2D eigenvalue weighted by Crippen LogP contribution is -2.45. The van der Waals surface area contributed by atoms with Crippen LogP contribution < -0.4 is 16.8 Å². The van der Waals surface area contributed by atoms with Gasteiger partial charge in [-0.15, -0.1) is 0 Å². The first-order valence-electron chi connectivity index (χ1n) is 3.86. The standard InChI is InChI=1S/C5H10F2N2.CH5N3/c6-5(7)9-3-1-8-2-4-9;2-1(3)4/h5,8H,1-4H2;(H5,2,3,4). The molecule has 5 nitrogen and oxygen atoms in total. The third-order valence-electron chi connectivity index (χ3n) is 1.43. The Balaban J connectivity index is 0.000000310. The molecule has 0 spiro atoms. The van der Waals surface area contributed by atoms with Crippen LogP contribution in [0.5, 0.6) is 0 Å². The fourth-order valence-electron chi connectivity index (χ4n) is 0.877. The molecule has 0 saturated carbocycles. The SMILES string of the molecule is FC(F)N1CCNCC1.N=C(N)N. The van der Waals surface area contributed by atoms with Gasteiger partial charge in [-0.3, -0.25) is 5.41 Å². The first kappa shape index (κ1) is 12.0. The van der Waals surface area contributed by atoms with E-state index in [4.69, 9.17) is 5.41 Å². The maximum absolute atomic E-state index is 11.8. The number of hydrogen-bond acceptors (Lipinski definition) is 3. The smallest absolute Gasteiger partial charge is 0.294 e. The van der Waals surface area contributed by atoms with Gasteiger partial charge < -0.3 is 16.8 Å². The highest BCUT2D eigenvalue weighted by Crippen LogP contribution is 2.02. The van der Waals surface area contributed by atoms with Crippen LogP contribution in [0.3, 0.4) is 0 Å². The van der Waals surface area contributed by atoms with Crippen molar-refractivity contribution < 1.29 is 8.78 Å². The van der Waals surface area contributed by atoms with Crippen molar-refractivity contribution in [2.45, 2.75) is 6.55 Å². The summed E-state index contributed by atoms with van der Waals surface area (Å²) in [6, 6.07) is 0. The van der Waals surface area contributed by atoms with E-state index in [0.29, 0.717) is 26.2 Å². The summed E-state index contributed by atoms with van der Waals surface area (Å²) in [7, 11) is 0. The van der Waals surface area contributed by atoms with E-state index >= 15 is 0 Å². The molecule has 0 aromatic heterocycles. The minimum atomic E-state index is -2.27. The van der Waals surface area contributed by atoms with Gasteiger partial charge in [-0.05, 0) is 0 Å². The van der Waals surface area contributed by atoms with E-state index in [2.05, 4.69) is 16.8 Å². The summed E-state index contributed by atoms with van der Waals surface area (Å²) in [4.78, 5) is 1.16. The zero-order valence-electron chi connectivity index (χ0n) is 7.26. The van der Waals surface area contributed by atoms with Crippen molar-refractivity contribution in [1.29, 1.82) is 5.41 Å². The number of piperazine rings is 1. The Morgan fingerprint density at radius 1 is 1.31 bits per heavy atom. The third-order valence-corrected chi connectivity index (χ3v) is 1.43. The van der Waals surface area contributed by atoms with E-state index in [0.717, 1.165) is 4.90 Å². The fraction of sp³-hybridized carbons (Fsp3) is 0.833. The van der Waals surface area contributed by atoms with E-state index in [1.54, 1.807) is 0 Å². The third kappa shape index (κ3) is 7.41. The normalized spacial score (nSPS) is 17.8. The minimum absolute atomic E-state index is 0.333. The summed E-state index contributed by atoms with van der Waals surface area (Å²) in [5.74, 6) is -0.333. The van der Waals surface area contributed by atoms with Crippen LogP contribution in [0.15, 0.2) is 0 Å². The van der Waals surface area contributed by atoms with Crippen LogP contribution in [0.4, 0.5) is 8.78 Å². The van der Waals surface area contributed by atoms with E-state index in [-0.39, 0.29) is 5.96 Å². The van der Waals surface area contributed by atoms with Crippen LogP contribution in [-0.4, -0.2) is 43.6 Å². The first-order chi connectivity index (χ1) is 6.04. The molecule has 6 N–H and O–H groups in total. The average Bonchev–Trinajstić information content (AvgIpc) is 2.05. The van der Waals surface area contributed by atoms with Crippen LogP contribution in [0.1, 0.15) is 0 Å². The van der Waals surface area contributed by atoms with Gasteiger partial charge in [-0.2, -0.15) is 8.78 Å². The van der Waals surface area contributed by atoms with Crippen LogP contribution in [0, 0.1) is 5.41 Å². The van der Waals surface area contributed by atoms with Crippen molar-refractivity contribution in [3.63, 3.8) is 0 Å². The van der Waals surface area contributed by atoms with Crippen LogP contribution in [-0.2, 0) is 0 Å². The Morgan fingerprint density at radius 2 is 1.69 bits per heavy atom. The summed E-state index contributed by atoms with van der Waals surface area (Å²) >= 11 is 0. The highest BCUT2D eigenvalue weighted by Gasteiger charge is 2.17. The van der Waals surface area contributed by atoms with Gasteiger partial charge in [0.15, 0.2) is 5.96 Å².